The SMILES string of the molecule is CO[C@H]1C[C@]2(C)[C@@H](C(=O)Cn3ccnn3)CC[C@H]2[C@@H]2CC[C@H]3C[C@H](O)CC[C@]3(C)[C@H]21. The van der Waals surface area contributed by atoms with E-state index in [0.29, 0.717) is 36.0 Å². The van der Waals surface area contributed by atoms with Gasteiger partial charge in [-0.1, -0.05) is 19.1 Å². The minimum absolute atomic E-state index is 0.0108. The smallest absolute Gasteiger partial charge is 0.157 e. The molecule has 0 amide bonds. The molecule has 1 heterocycles. The van der Waals surface area contributed by atoms with Crippen LogP contribution in [0.5, 0.6) is 0 Å². The number of aromatic nitrogens is 3. The van der Waals surface area contributed by atoms with Crippen LogP contribution in [-0.4, -0.2) is 45.2 Å². The van der Waals surface area contributed by atoms with Gasteiger partial charge in [-0.2, -0.15) is 0 Å². The van der Waals surface area contributed by atoms with Crippen LogP contribution in [0.3, 0.4) is 0 Å². The lowest BCUT2D eigenvalue weighted by molar-refractivity contribution is -0.186. The Hall–Kier alpha value is -1.27. The van der Waals surface area contributed by atoms with Crippen LogP contribution in [0.15, 0.2) is 12.4 Å². The Kier molecular flexibility index (Phi) is 5.09. The molecule has 6 nitrogen and oxygen atoms in total. The Bertz CT molecular complexity index is 783. The number of hydrogen-bond acceptors (Lipinski definition) is 5. The maximum absolute atomic E-state index is 13.3. The van der Waals surface area contributed by atoms with Gasteiger partial charge >= 0.3 is 0 Å². The fourth-order valence-electron chi connectivity index (χ4n) is 8.66. The number of ketones is 1. The zero-order valence-corrected chi connectivity index (χ0v) is 18.7. The third kappa shape index (κ3) is 3.01. The van der Waals surface area contributed by atoms with E-state index in [1.165, 1.54) is 12.8 Å². The summed E-state index contributed by atoms with van der Waals surface area (Å²) in [7, 11) is 1.87. The number of aliphatic hydroxyl groups is 1. The normalized spacial score (nSPS) is 47.9. The summed E-state index contributed by atoms with van der Waals surface area (Å²) in [6, 6.07) is 0. The van der Waals surface area contributed by atoms with Gasteiger partial charge in [-0.25, -0.2) is 4.68 Å². The monoisotopic (exact) mass is 415 g/mol. The summed E-state index contributed by atoms with van der Waals surface area (Å²) in [5.41, 5.74) is 0.268. The molecular weight excluding hydrogens is 378 g/mol. The molecule has 0 aromatic carbocycles. The molecule has 6 heteroatoms. The van der Waals surface area contributed by atoms with E-state index < -0.39 is 0 Å². The first kappa shape index (κ1) is 20.6. The number of methoxy groups -OCH3 is 1. The second kappa shape index (κ2) is 7.40. The summed E-state index contributed by atoms with van der Waals surface area (Å²) in [5, 5.41) is 18.2. The van der Waals surface area contributed by atoms with Crippen molar-refractivity contribution in [1.82, 2.24) is 15.0 Å². The second-order valence-electron chi connectivity index (χ2n) is 11.2. The Morgan fingerprint density at radius 1 is 1.20 bits per heavy atom. The van der Waals surface area contributed by atoms with Crippen molar-refractivity contribution in [3.63, 3.8) is 0 Å². The van der Waals surface area contributed by atoms with Gasteiger partial charge in [0.1, 0.15) is 6.54 Å². The predicted molar refractivity (Wildman–Crippen MR) is 112 cm³/mol. The van der Waals surface area contributed by atoms with Crippen LogP contribution in [-0.2, 0) is 16.1 Å². The predicted octanol–water partition coefficient (Wildman–Crippen LogP) is 3.49. The van der Waals surface area contributed by atoms with Crippen molar-refractivity contribution in [2.24, 2.45) is 40.4 Å². The maximum atomic E-state index is 13.3. The van der Waals surface area contributed by atoms with Gasteiger partial charge in [0.05, 0.1) is 18.4 Å². The zero-order chi connectivity index (χ0) is 21.1. The number of aliphatic hydroxyl groups excluding tert-OH is 1. The van der Waals surface area contributed by atoms with Crippen LogP contribution in [0.2, 0.25) is 0 Å². The van der Waals surface area contributed by atoms with Crippen LogP contribution >= 0.6 is 0 Å². The second-order valence-corrected chi connectivity index (χ2v) is 11.2. The van der Waals surface area contributed by atoms with E-state index in [2.05, 4.69) is 24.2 Å². The summed E-state index contributed by atoms with van der Waals surface area (Å²) in [6.45, 7) is 5.18. The number of carbonyl (C=O) groups is 1. The highest BCUT2D eigenvalue weighted by molar-refractivity contribution is 5.82. The van der Waals surface area contributed by atoms with E-state index in [9.17, 15) is 9.90 Å². The topological polar surface area (TPSA) is 77.2 Å². The first-order chi connectivity index (χ1) is 14.4. The summed E-state index contributed by atoms with van der Waals surface area (Å²) >= 11 is 0. The third-order valence-corrected chi connectivity index (χ3v) is 10.0. The lowest BCUT2D eigenvalue weighted by atomic mass is 9.43. The van der Waals surface area contributed by atoms with E-state index in [1.54, 1.807) is 17.1 Å². The molecular formula is C24H37N3O3. The van der Waals surface area contributed by atoms with E-state index in [-0.39, 0.29) is 29.0 Å². The number of nitrogens with zero attached hydrogens (tertiary/aromatic N) is 3. The van der Waals surface area contributed by atoms with Crippen LogP contribution in [0.25, 0.3) is 0 Å². The molecule has 1 N–H and O–H groups in total. The minimum Gasteiger partial charge on any atom is -0.393 e. The fraction of sp³-hybridized carbons (Fsp3) is 0.875. The molecule has 1 aromatic rings. The molecule has 9 atom stereocenters. The maximum Gasteiger partial charge on any atom is 0.157 e. The van der Waals surface area contributed by atoms with Crippen molar-refractivity contribution in [1.29, 1.82) is 0 Å². The van der Waals surface area contributed by atoms with Crippen molar-refractivity contribution in [2.45, 2.75) is 84.0 Å². The molecule has 5 rings (SSSR count). The van der Waals surface area contributed by atoms with Crippen molar-refractivity contribution in [2.75, 3.05) is 7.11 Å². The molecule has 4 saturated carbocycles. The number of Topliss-reactive ketones (excluding diaryl/α,β-unsaturated/α-hetero) is 1. The van der Waals surface area contributed by atoms with Gasteiger partial charge in [0.2, 0.25) is 0 Å². The van der Waals surface area contributed by atoms with Gasteiger partial charge < -0.3 is 9.84 Å². The van der Waals surface area contributed by atoms with Gasteiger partial charge in [-0.15, -0.1) is 5.10 Å². The average Bonchev–Trinajstić information content (AvgIpc) is 3.34. The van der Waals surface area contributed by atoms with E-state index >= 15 is 0 Å². The van der Waals surface area contributed by atoms with Crippen molar-refractivity contribution in [3.8, 4) is 0 Å². The molecule has 0 saturated heterocycles. The number of carbonyl (C=O) groups excluding carboxylic acids is 1. The molecule has 0 unspecified atom stereocenters. The molecule has 4 aliphatic carbocycles. The molecule has 30 heavy (non-hydrogen) atoms. The van der Waals surface area contributed by atoms with Gasteiger partial charge in [0.25, 0.3) is 0 Å². The highest BCUT2D eigenvalue weighted by atomic mass is 16.5. The number of rotatable bonds is 4. The zero-order valence-electron chi connectivity index (χ0n) is 18.7. The summed E-state index contributed by atoms with van der Waals surface area (Å²) in [5.74, 6) is 2.78. The highest BCUT2D eigenvalue weighted by Crippen LogP contribution is 2.67. The molecule has 0 radical (unpaired) electrons. The summed E-state index contributed by atoms with van der Waals surface area (Å²) < 4.78 is 7.87. The van der Waals surface area contributed by atoms with Gasteiger partial charge in [0.15, 0.2) is 5.78 Å². The number of ether oxygens (including phenoxy) is 1. The van der Waals surface area contributed by atoms with Gasteiger partial charge in [-0.3, -0.25) is 4.79 Å². The average molecular weight is 416 g/mol. The molecule has 4 aliphatic rings. The summed E-state index contributed by atoms with van der Waals surface area (Å²) in [6.07, 6.45) is 12.1. The molecule has 4 fully saturated rings. The third-order valence-electron chi connectivity index (χ3n) is 10.0. The quantitative estimate of drug-likeness (QED) is 0.814. The first-order valence-corrected chi connectivity index (χ1v) is 11.9. The molecule has 0 bridgehead atoms. The molecule has 0 aliphatic heterocycles. The van der Waals surface area contributed by atoms with E-state index in [4.69, 9.17) is 4.74 Å². The Labute approximate surface area is 179 Å². The van der Waals surface area contributed by atoms with Crippen LogP contribution in [0.4, 0.5) is 0 Å². The molecule has 166 valence electrons. The van der Waals surface area contributed by atoms with Crippen LogP contribution < -0.4 is 0 Å². The van der Waals surface area contributed by atoms with E-state index in [0.717, 1.165) is 38.5 Å². The largest absolute Gasteiger partial charge is 0.393 e. The molecule has 0 spiro atoms. The Morgan fingerprint density at radius 2 is 2.03 bits per heavy atom. The molecule has 1 aromatic heterocycles. The van der Waals surface area contributed by atoms with E-state index in [1.807, 2.05) is 7.11 Å². The lowest BCUT2D eigenvalue weighted by Crippen LogP contribution is -2.59. The lowest BCUT2D eigenvalue weighted by Gasteiger charge is -2.62. The first-order valence-electron chi connectivity index (χ1n) is 11.9. The van der Waals surface area contributed by atoms with Crippen molar-refractivity contribution < 1.29 is 14.6 Å². The van der Waals surface area contributed by atoms with Crippen LogP contribution in [0, 0.1) is 40.4 Å². The van der Waals surface area contributed by atoms with Gasteiger partial charge in [-0.05, 0) is 85.9 Å². The Morgan fingerprint density at radius 3 is 2.77 bits per heavy atom. The van der Waals surface area contributed by atoms with Gasteiger partial charge in [0, 0.05) is 19.2 Å². The number of fused-ring (bicyclic) bond motifs is 5. The standard InChI is InChI=1S/C24H37N3O3/c1-23-9-8-16(28)12-15(23)4-5-17-18-6-7-19(20(29)14-27-11-10-25-26-27)24(18,2)13-21(30-3)22(17)23/h10-11,15-19,21-22,28H,4-9,12-14H2,1-3H3/t15-,16+,17-,18-,19+,21-,22+,23-,24-/m0/s1. The number of hydrogen-bond donors (Lipinski definition) is 1. The van der Waals surface area contributed by atoms with Crippen molar-refractivity contribution in [3.05, 3.63) is 12.4 Å². The van der Waals surface area contributed by atoms with Crippen LogP contribution in [0.1, 0.15) is 65.2 Å². The fourth-order valence-corrected chi connectivity index (χ4v) is 8.66. The summed E-state index contributed by atoms with van der Waals surface area (Å²) in [4.78, 5) is 13.3. The minimum atomic E-state index is -0.125. The van der Waals surface area contributed by atoms with Crippen molar-refractivity contribution >= 4 is 5.78 Å². The highest BCUT2D eigenvalue weighted by Gasteiger charge is 2.64. The Balaban J connectivity index is 1.43.